The highest BCUT2D eigenvalue weighted by Crippen LogP contribution is 2.12. The molecule has 1 aromatic heterocycles. The third kappa shape index (κ3) is 6.32. The minimum atomic E-state index is 0.158. The second-order valence-corrected chi connectivity index (χ2v) is 4.76. The van der Waals surface area contributed by atoms with Crippen LogP contribution in [-0.2, 0) is 11.3 Å². The van der Waals surface area contributed by atoms with Crippen LogP contribution in [0.5, 0.6) is 0 Å². The highest BCUT2D eigenvalue weighted by molar-refractivity contribution is 5.39. The van der Waals surface area contributed by atoms with Gasteiger partial charge in [0.25, 0.3) is 0 Å². The van der Waals surface area contributed by atoms with Gasteiger partial charge in [0, 0.05) is 39.5 Å². The minimum absolute atomic E-state index is 0.158. The van der Waals surface area contributed by atoms with Crippen molar-refractivity contribution in [1.29, 1.82) is 0 Å². The van der Waals surface area contributed by atoms with E-state index >= 15 is 0 Å². The first-order chi connectivity index (χ1) is 9.81. The smallest absolute Gasteiger partial charge is 0.128 e. The average Bonchev–Trinajstić information content (AvgIpc) is 2.49. The molecule has 5 heteroatoms. The molecule has 0 aromatic carbocycles. The van der Waals surface area contributed by atoms with Crippen molar-refractivity contribution in [2.75, 3.05) is 44.9 Å². The van der Waals surface area contributed by atoms with Gasteiger partial charge in [0.2, 0.25) is 0 Å². The second kappa shape index (κ2) is 10.6. The molecule has 114 valence electrons. The highest BCUT2D eigenvalue weighted by Gasteiger charge is 2.06. The number of hydrogen-bond donors (Lipinski definition) is 2. The maximum atomic E-state index is 9.13. The Balaban J connectivity index is 2.49. The summed E-state index contributed by atoms with van der Waals surface area (Å²) in [6.45, 7) is 6.25. The molecule has 0 saturated carbocycles. The average molecular weight is 281 g/mol. The zero-order valence-corrected chi connectivity index (χ0v) is 12.6. The molecule has 1 rings (SSSR count). The van der Waals surface area contributed by atoms with E-state index in [-0.39, 0.29) is 6.61 Å². The van der Waals surface area contributed by atoms with Gasteiger partial charge < -0.3 is 20.1 Å². The summed E-state index contributed by atoms with van der Waals surface area (Å²) in [7, 11) is 1.70. The number of methoxy groups -OCH3 is 1. The molecule has 20 heavy (non-hydrogen) atoms. The van der Waals surface area contributed by atoms with Crippen LogP contribution in [0.2, 0.25) is 0 Å². The summed E-state index contributed by atoms with van der Waals surface area (Å²) in [5.41, 5.74) is 1.16. The van der Waals surface area contributed by atoms with Crippen molar-refractivity contribution >= 4 is 5.82 Å². The molecule has 0 bridgehead atoms. The van der Waals surface area contributed by atoms with Crippen LogP contribution in [0.1, 0.15) is 25.3 Å². The molecule has 2 N–H and O–H groups in total. The normalized spacial score (nSPS) is 10.8. The van der Waals surface area contributed by atoms with Gasteiger partial charge in [0.15, 0.2) is 0 Å². The Kier molecular flexibility index (Phi) is 8.95. The quantitative estimate of drug-likeness (QED) is 0.601. The van der Waals surface area contributed by atoms with Gasteiger partial charge in [-0.05, 0) is 18.1 Å². The van der Waals surface area contributed by atoms with Gasteiger partial charge in [-0.15, -0.1) is 0 Å². The first kappa shape index (κ1) is 16.9. The predicted octanol–water partition coefficient (Wildman–Crippen LogP) is 1.42. The van der Waals surface area contributed by atoms with Crippen molar-refractivity contribution < 1.29 is 9.84 Å². The van der Waals surface area contributed by atoms with Gasteiger partial charge in [-0.3, -0.25) is 0 Å². The number of aliphatic hydroxyl groups is 1. The lowest BCUT2D eigenvalue weighted by Gasteiger charge is -2.22. The van der Waals surface area contributed by atoms with Gasteiger partial charge in [-0.1, -0.05) is 19.4 Å². The Bertz CT molecular complexity index is 343. The zero-order chi connectivity index (χ0) is 14.6. The molecule has 1 heterocycles. The van der Waals surface area contributed by atoms with Crippen molar-refractivity contribution in [3.63, 3.8) is 0 Å². The van der Waals surface area contributed by atoms with E-state index in [0.29, 0.717) is 13.2 Å². The van der Waals surface area contributed by atoms with Crippen LogP contribution >= 0.6 is 0 Å². The summed E-state index contributed by atoms with van der Waals surface area (Å²) in [5.74, 6) is 0.938. The van der Waals surface area contributed by atoms with Crippen LogP contribution in [0.25, 0.3) is 0 Å². The van der Waals surface area contributed by atoms with Crippen molar-refractivity contribution in [3.05, 3.63) is 23.9 Å². The highest BCUT2D eigenvalue weighted by atomic mass is 16.5. The Morgan fingerprint density at radius 2 is 2.20 bits per heavy atom. The largest absolute Gasteiger partial charge is 0.395 e. The SMILES string of the molecule is CCCCN(CCO)c1ccc(CNCCOC)cn1. The molecular weight excluding hydrogens is 254 g/mol. The Hall–Kier alpha value is -1.17. The summed E-state index contributed by atoms with van der Waals surface area (Å²) in [6.07, 6.45) is 4.15. The van der Waals surface area contributed by atoms with Crippen LogP contribution in [-0.4, -0.2) is 50.0 Å². The van der Waals surface area contributed by atoms with Crippen LogP contribution in [0.15, 0.2) is 18.3 Å². The molecule has 0 spiro atoms. The number of unbranched alkanes of at least 4 members (excludes halogenated alkanes) is 1. The molecule has 0 aliphatic carbocycles. The number of aromatic nitrogens is 1. The fraction of sp³-hybridized carbons (Fsp3) is 0.667. The standard InChI is InChI=1S/C15H27N3O2/c1-3-4-8-18(9-10-19)15-6-5-14(13-17-15)12-16-7-11-20-2/h5-6,13,16,19H,3-4,7-12H2,1-2H3. The maximum absolute atomic E-state index is 9.13. The molecule has 0 atom stereocenters. The first-order valence-electron chi connectivity index (χ1n) is 7.32. The van der Waals surface area contributed by atoms with Gasteiger partial charge in [-0.25, -0.2) is 4.98 Å². The van der Waals surface area contributed by atoms with E-state index in [1.54, 1.807) is 7.11 Å². The summed E-state index contributed by atoms with van der Waals surface area (Å²) >= 11 is 0. The number of rotatable bonds is 11. The summed E-state index contributed by atoms with van der Waals surface area (Å²) in [4.78, 5) is 6.62. The van der Waals surface area contributed by atoms with Crippen molar-refractivity contribution in [2.24, 2.45) is 0 Å². The van der Waals surface area contributed by atoms with E-state index < -0.39 is 0 Å². The Morgan fingerprint density at radius 1 is 1.35 bits per heavy atom. The van der Waals surface area contributed by atoms with E-state index in [9.17, 15) is 0 Å². The van der Waals surface area contributed by atoms with Crippen LogP contribution in [0.4, 0.5) is 5.82 Å². The number of ether oxygens (including phenoxy) is 1. The summed E-state index contributed by atoms with van der Waals surface area (Å²) in [6, 6.07) is 4.11. The van der Waals surface area contributed by atoms with E-state index in [4.69, 9.17) is 9.84 Å². The zero-order valence-electron chi connectivity index (χ0n) is 12.6. The van der Waals surface area contributed by atoms with Gasteiger partial charge in [0.05, 0.1) is 13.2 Å². The van der Waals surface area contributed by atoms with E-state index in [2.05, 4.69) is 28.2 Å². The second-order valence-electron chi connectivity index (χ2n) is 4.76. The Labute approximate surface area is 122 Å². The molecular formula is C15H27N3O2. The molecule has 0 amide bonds. The van der Waals surface area contributed by atoms with Gasteiger partial charge >= 0.3 is 0 Å². The Morgan fingerprint density at radius 3 is 2.80 bits per heavy atom. The lowest BCUT2D eigenvalue weighted by molar-refractivity contribution is 0.199. The van der Waals surface area contributed by atoms with Gasteiger partial charge in [0.1, 0.15) is 5.82 Å². The van der Waals surface area contributed by atoms with Crippen molar-refractivity contribution in [2.45, 2.75) is 26.3 Å². The van der Waals surface area contributed by atoms with Gasteiger partial charge in [-0.2, -0.15) is 0 Å². The van der Waals surface area contributed by atoms with Crippen LogP contribution in [0, 0.1) is 0 Å². The maximum Gasteiger partial charge on any atom is 0.128 e. The molecule has 5 nitrogen and oxygen atoms in total. The molecule has 0 unspecified atom stereocenters. The van der Waals surface area contributed by atoms with E-state index in [0.717, 1.165) is 43.9 Å². The molecule has 0 radical (unpaired) electrons. The molecule has 1 aromatic rings. The lowest BCUT2D eigenvalue weighted by Crippen LogP contribution is -2.28. The summed E-state index contributed by atoms with van der Waals surface area (Å²) in [5, 5.41) is 12.4. The lowest BCUT2D eigenvalue weighted by atomic mass is 10.2. The minimum Gasteiger partial charge on any atom is -0.395 e. The fourth-order valence-corrected chi connectivity index (χ4v) is 1.93. The molecule has 0 aliphatic rings. The third-order valence-corrected chi connectivity index (χ3v) is 3.10. The van der Waals surface area contributed by atoms with Crippen molar-refractivity contribution in [1.82, 2.24) is 10.3 Å². The number of nitrogens with zero attached hydrogens (tertiary/aromatic N) is 2. The van der Waals surface area contributed by atoms with E-state index in [1.165, 1.54) is 0 Å². The van der Waals surface area contributed by atoms with E-state index in [1.807, 2.05) is 12.3 Å². The number of hydrogen-bond acceptors (Lipinski definition) is 5. The predicted molar refractivity (Wildman–Crippen MR) is 82.0 cm³/mol. The first-order valence-corrected chi connectivity index (χ1v) is 7.32. The molecule has 0 fully saturated rings. The van der Waals surface area contributed by atoms with Crippen molar-refractivity contribution in [3.8, 4) is 0 Å². The third-order valence-electron chi connectivity index (χ3n) is 3.10. The number of pyridine rings is 1. The monoisotopic (exact) mass is 281 g/mol. The summed E-state index contributed by atoms with van der Waals surface area (Å²) < 4.78 is 4.99. The molecule has 0 saturated heterocycles. The number of aliphatic hydroxyl groups excluding tert-OH is 1. The van der Waals surface area contributed by atoms with Crippen LogP contribution in [0.3, 0.4) is 0 Å². The van der Waals surface area contributed by atoms with Crippen LogP contribution < -0.4 is 10.2 Å². The number of nitrogens with one attached hydrogen (secondary N) is 1. The number of anilines is 1. The fourth-order valence-electron chi connectivity index (χ4n) is 1.93. The molecule has 0 aliphatic heterocycles. The topological polar surface area (TPSA) is 57.6 Å².